The average Bonchev–Trinajstić information content (AvgIpc) is 3.01. The van der Waals surface area contributed by atoms with Gasteiger partial charge in [-0.05, 0) is 31.0 Å². The minimum absolute atomic E-state index is 0.171. The first-order chi connectivity index (χ1) is 11.6. The van der Waals surface area contributed by atoms with Gasteiger partial charge in [0, 0.05) is 13.2 Å². The standard InChI is InChI=1S/C18H19N5O/c1-12-16(15(9-10-19-12)14-7-5-4-6-8-14)18(24)21-13(2)17-22-20-11-23(17)3/h4-11,13H,1-3H3,(H,21,24)/t13-/m0/s1. The number of amides is 1. The molecule has 24 heavy (non-hydrogen) atoms. The highest BCUT2D eigenvalue weighted by Crippen LogP contribution is 2.25. The molecule has 2 aromatic heterocycles. The Labute approximate surface area is 140 Å². The Kier molecular flexibility index (Phi) is 4.37. The van der Waals surface area contributed by atoms with E-state index in [1.54, 1.807) is 17.1 Å². The van der Waals surface area contributed by atoms with Crippen molar-refractivity contribution in [3.63, 3.8) is 0 Å². The van der Waals surface area contributed by atoms with Crippen LogP contribution in [0.15, 0.2) is 48.9 Å². The molecule has 1 amide bonds. The SMILES string of the molecule is Cc1nccc(-c2ccccc2)c1C(=O)N[C@@H](C)c1nncn1C. The second kappa shape index (κ2) is 6.62. The molecule has 0 radical (unpaired) electrons. The van der Waals surface area contributed by atoms with E-state index in [0.717, 1.165) is 11.1 Å². The molecule has 0 spiro atoms. The van der Waals surface area contributed by atoms with Crippen molar-refractivity contribution in [3.05, 3.63) is 66.0 Å². The number of hydrogen-bond acceptors (Lipinski definition) is 4. The number of pyridine rings is 1. The number of aryl methyl sites for hydroxylation is 2. The van der Waals surface area contributed by atoms with E-state index in [0.29, 0.717) is 17.1 Å². The first kappa shape index (κ1) is 15.9. The third-order valence-corrected chi connectivity index (χ3v) is 3.93. The van der Waals surface area contributed by atoms with Gasteiger partial charge in [0.2, 0.25) is 0 Å². The molecule has 0 aliphatic rings. The summed E-state index contributed by atoms with van der Waals surface area (Å²) < 4.78 is 1.79. The van der Waals surface area contributed by atoms with Crippen molar-refractivity contribution in [3.8, 4) is 11.1 Å². The van der Waals surface area contributed by atoms with Crippen LogP contribution in [-0.2, 0) is 7.05 Å². The van der Waals surface area contributed by atoms with E-state index in [9.17, 15) is 4.79 Å². The maximum absolute atomic E-state index is 12.9. The second-order valence-corrected chi connectivity index (χ2v) is 5.68. The fourth-order valence-electron chi connectivity index (χ4n) is 2.73. The number of nitrogens with zero attached hydrogens (tertiary/aromatic N) is 4. The number of nitrogens with one attached hydrogen (secondary N) is 1. The number of carbonyl (C=O) groups is 1. The summed E-state index contributed by atoms with van der Waals surface area (Å²) in [6.45, 7) is 3.73. The average molecular weight is 321 g/mol. The number of benzene rings is 1. The maximum Gasteiger partial charge on any atom is 0.254 e. The molecule has 0 unspecified atom stereocenters. The van der Waals surface area contributed by atoms with Crippen molar-refractivity contribution in [1.29, 1.82) is 0 Å². The number of rotatable bonds is 4. The van der Waals surface area contributed by atoms with Gasteiger partial charge >= 0.3 is 0 Å². The molecular formula is C18H19N5O. The minimum Gasteiger partial charge on any atom is -0.342 e. The Morgan fingerprint density at radius 2 is 1.96 bits per heavy atom. The Morgan fingerprint density at radius 1 is 1.21 bits per heavy atom. The molecule has 0 aliphatic carbocycles. The van der Waals surface area contributed by atoms with Gasteiger partial charge in [-0.1, -0.05) is 30.3 Å². The van der Waals surface area contributed by atoms with Gasteiger partial charge in [0.25, 0.3) is 5.91 Å². The molecule has 1 atom stereocenters. The highest BCUT2D eigenvalue weighted by molar-refractivity contribution is 6.01. The van der Waals surface area contributed by atoms with Crippen molar-refractivity contribution in [2.24, 2.45) is 7.05 Å². The Bertz CT molecular complexity index is 857. The molecule has 0 saturated carbocycles. The maximum atomic E-state index is 12.9. The normalized spacial score (nSPS) is 12.0. The molecule has 6 heteroatoms. The van der Waals surface area contributed by atoms with E-state index in [2.05, 4.69) is 20.5 Å². The van der Waals surface area contributed by atoms with Crippen molar-refractivity contribution in [1.82, 2.24) is 25.1 Å². The topological polar surface area (TPSA) is 72.7 Å². The van der Waals surface area contributed by atoms with Gasteiger partial charge in [0.05, 0.1) is 17.3 Å². The van der Waals surface area contributed by atoms with Gasteiger partial charge in [0.1, 0.15) is 6.33 Å². The predicted octanol–water partition coefficient (Wildman–Crippen LogP) is 2.68. The van der Waals surface area contributed by atoms with Gasteiger partial charge in [-0.25, -0.2) is 0 Å². The minimum atomic E-state index is -0.256. The summed E-state index contributed by atoms with van der Waals surface area (Å²) in [5, 5.41) is 10.9. The largest absolute Gasteiger partial charge is 0.342 e. The van der Waals surface area contributed by atoms with Gasteiger partial charge in [0.15, 0.2) is 5.82 Å². The number of carbonyl (C=O) groups excluding carboxylic acids is 1. The quantitative estimate of drug-likeness (QED) is 0.802. The van der Waals surface area contributed by atoms with Crippen LogP contribution in [0.2, 0.25) is 0 Å². The molecule has 0 fully saturated rings. The summed E-state index contributed by atoms with van der Waals surface area (Å²) in [5.74, 6) is 0.529. The van der Waals surface area contributed by atoms with Crippen LogP contribution in [0.1, 0.15) is 34.8 Å². The zero-order chi connectivity index (χ0) is 17.1. The first-order valence-corrected chi connectivity index (χ1v) is 7.73. The molecule has 1 aromatic carbocycles. The third-order valence-electron chi connectivity index (χ3n) is 3.93. The summed E-state index contributed by atoms with van der Waals surface area (Å²) in [5.41, 5.74) is 3.13. The summed E-state index contributed by atoms with van der Waals surface area (Å²) in [7, 11) is 1.85. The number of hydrogen-bond donors (Lipinski definition) is 1. The van der Waals surface area contributed by atoms with Crippen molar-refractivity contribution < 1.29 is 4.79 Å². The fraction of sp³-hybridized carbons (Fsp3) is 0.222. The van der Waals surface area contributed by atoms with Crippen LogP contribution in [-0.4, -0.2) is 25.7 Å². The fourth-order valence-corrected chi connectivity index (χ4v) is 2.73. The number of aromatic nitrogens is 4. The lowest BCUT2D eigenvalue weighted by molar-refractivity contribution is 0.0937. The summed E-state index contributed by atoms with van der Waals surface area (Å²) in [6.07, 6.45) is 3.34. The Hall–Kier alpha value is -3.02. The smallest absolute Gasteiger partial charge is 0.254 e. The summed E-state index contributed by atoms with van der Waals surface area (Å²) in [4.78, 5) is 17.1. The highest BCUT2D eigenvalue weighted by atomic mass is 16.1. The Morgan fingerprint density at radius 3 is 2.62 bits per heavy atom. The van der Waals surface area contributed by atoms with E-state index in [1.165, 1.54) is 0 Å². The molecule has 3 aromatic rings. The van der Waals surface area contributed by atoms with Crippen LogP contribution in [0.25, 0.3) is 11.1 Å². The van der Waals surface area contributed by atoms with E-state index in [1.807, 2.05) is 57.3 Å². The molecular weight excluding hydrogens is 302 g/mol. The summed E-state index contributed by atoms with van der Waals surface area (Å²) >= 11 is 0. The second-order valence-electron chi connectivity index (χ2n) is 5.68. The van der Waals surface area contributed by atoms with Crippen molar-refractivity contribution in [2.45, 2.75) is 19.9 Å². The molecule has 2 heterocycles. The first-order valence-electron chi connectivity index (χ1n) is 7.73. The lowest BCUT2D eigenvalue weighted by Crippen LogP contribution is -2.29. The highest BCUT2D eigenvalue weighted by Gasteiger charge is 2.20. The van der Waals surface area contributed by atoms with E-state index in [-0.39, 0.29) is 11.9 Å². The Balaban J connectivity index is 1.94. The molecule has 0 saturated heterocycles. The van der Waals surface area contributed by atoms with Crippen LogP contribution < -0.4 is 5.32 Å². The molecule has 1 N–H and O–H groups in total. The summed E-state index contributed by atoms with van der Waals surface area (Å²) in [6, 6.07) is 11.4. The molecule has 0 bridgehead atoms. The van der Waals surface area contributed by atoms with Crippen molar-refractivity contribution in [2.75, 3.05) is 0 Å². The van der Waals surface area contributed by atoms with E-state index >= 15 is 0 Å². The molecule has 3 rings (SSSR count). The van der Waals surface area contributed by atoms with Gasteiger partial charge in [-0.2, -0.15) is 0 Å². The predicted molar refractivity (Wildman–Crippen MR) is 91.3 cm³/mol. The van der Waals surface area contributed by atoms with Gasteiger partial charge < -0.3 is 9.88 Å². The van der Waals surface area contributed by atoms with E-state index < -0.39 is 0 Å². The zero-order valence-corrected chi connectivity index (χ0v) is 13.9. The lowest BCUT2D eigenvalue weighted by Gasteiger charge is -2.16. The van der Waals surface area contributed by atoms with Crippen LogP contribution in [0.3, 0.4) is 0 Å². The molecule has 0 aliphatic heterocycles. The molecule has 122 valence electrons. The van der Waals surface area contributed by atoms with Crippen LogP contribution in [0.4, 0.5) is 0 Å². The van der Waals surface area contributed by atoms with Gasteiger partial charge in [-0.3, -0.25) is 9.78 Å². The zero-order valence-electron chi connectivity index (χ0n) is 13.9. The van der Waals surface area contributed by atoms with Crippen LogP contribution >= 0.6 is 0 Å². The van der Waals surface area contributed by atoms with E-state index in [4.69, 9.17) is 0 Å². The lowest BCUT2D eigenvalue weighted by atomic mass is 9.98. The van der Waals surface area contributed by atoms with Crippen molar-refractivity contribution >= 4 is 5.91 Å². The van der Waals surface area contributed by atoms with Crippen LogP contribution in [0, 0.1) is 6.92 Å². The van der Waals surface area contributed by atoms with Gasteiger partial charge in [-0.15, -0.1) is 10.2 Å². The van der Waals surface area contributed by atoms with Crippen LogP contribution in [0.5, 0.6) is 0 Å². The third kappa shape index (κ3) is 3.03. The monoisotopic (exact) mass is 321 g/mol. The molecule has 6 nitrogen and oxygen atoms in total.